The van der Waals surface area contributed by atoms with Crippen molar-refractivity contribution < 1.29 is 5.11 Å². The van der Waals surface area contributed by atoms with Crippen LogP contribution in [-0.4, -0.2) is 17.8 Å². The molecule has 0 amide bonds. The van der Waals surface area contributed by atoms with Gasteiger partial charge in [-0.05, 0) is 36.8 Å². The van der Waals surface area contributed by atoms with Crippen molar-refractivity contribution in [3.8, 4) is 0 Å². The van der Waals surface area contributed by atoms with E-state index in [2.05, 4.69) is 36.7 Å². The van der Waals surface area contributed by atoms with Crippen LogP contribution in [0.5, 0.6) is 0 Å². The van der Waals surface area contributed by atoms with Crippen LogP contribution in [0, 0.1) is 5.92 Å². The molecular formula is C13H23NOS. The molecule has 2 N–H and O–H groups in total. The Morgan fingerprint density at radius 3 is 2.69 bits per heavy atom. The SMILES string of the molecule is CCC(O)CCNC(c1cccs1)C(C)C. The predicted molar refractivity (Wildman–Crippen MR) is 70.8 cm³/mol. The summed E-state index contributed by atoms with van der Waals surface area (Å²) in [4.78, 5) is 1.39. The molecule has 0 fully saturated rings. The minimum absolute atomic E-state index is 0.163. The Morgan fingerprint density at radius 1 is 1.44 bits per heavy atom. The zero-order valence-electron chi connectivity index (χ0n) is 10.4. The molecule has 0 saturated carbocycles. The van der Waals surface area contributed by atoms with Crippen molar-refractivity contribution in [3.05, 3.63) is 22.4 Å². The van der Waals surface area contributed by atoms with Gasteiger partial charge in [-0.1, -0.05) is 26.8 Å². The second-order valence-electron chi connectivity index (χ2n) is 4.54. The molecule has 1 aromatic rings. The van der Waals surface area contributed by atoms with Crippen molar-refractivity contribution in [2.75, 3.05) is 6.54 Å². The van der Waals surface area contributed by atoms with Crippen molar-refractivity contribution >= 4 is 11.3 Å². The lowest BCUT2D eigenvalue weighted by Crippen LogP contribution is -2.28. The third-order valence-corrected chi connectivity index (χ3v) is 3.78. The van der Waals surface area contributed by atoms with Gasteiger partial charge in [0, 0.05) is 10.9 Å². The quantitative estimate of drug-likeness (QED) is 0.768. The summed E-state index contributed by atoms with van der Waals surface area (Å²) in [5.41, 5.74) is 0. The van der Waals surface area contributed by atoms with Gasteiger partial charge in [-0.3, -0.25) is 0 Å². The lowest BCUT2D eigenvalue weighted by molar-refractivity contribution is 0.157. The molecule has 0 radical (unpaired) electrons. The highest BCUT2D eigenvalue weighted by atomic mass is 32.1. The number of aliphatic hydroxyl groups is 1. The molecule has 1 rings (SSSR count). The van der Waals surface area contributed by atoms with Crippen LogP contribution >= 0.6 is 11.3 Å². The maximum atomic E-state index is 9.50. The Balaban J connectivity index is 2.41. The molecular weight excluding hydrogens is 218 g/mol. The van der Waals surface area contributed by atoms with Crippen LogP contribution < -0.4 is 5.32 Å². The molecule has 1 aromatic heterocycles. The number of nitrogens with one attached hydrogen (secondary N) is 1. The minimum Gasteiger partial charge on any atom is -0.393 e. The van der Waals surface area contributed by atoms with E-state index in [1.807, 2.05) is 6.92 Å². The summed E-state index contributed by atoms with van der Waals surface area (Å²) in [7, 11) is 0. The second-order valence-corrected chi connectivity index (χ2v) is 5.52. The molecule has 0 aliphatic heterocycles. The Hall–Kier alpha value is -0.380. The van der Waals surface area contributed by atoms with E-state index < -0.39 is 0 Å². The topological polar surface area (TPSA) is 32.3 Å². The highest BCUT2D eigenvalue weighted by molar-refractivity contribution is 7.10. The van der Waals surface area contributed by atoms with Gasteiger partial charge in [0.15, 0.2) is 0 Å². The van der Waals surface area contributed by atoms with Crippen LogP contribution in [0.15, 0.2) is 17.5 Å². The maximum Gasteiger partial charge on any atom is 0.0549 e. The van der Waals surface area contributed by atoms with Gasteiger partial charge in [0.2, 0.25) is 0 Å². The molecule has 0 aliphatic carbocycles. The van der Waals surface area contributed by atoms with Gasteiger partial charge >= 0.3 is 0 Å². The normalized spacial score (nSPS) is 15.3. The van der Waals surface area contributed by atoms with Crippen molar-refractivity contribution in [3.63, 3.8) is 0 Å². The highest BCUT2D eigenvalue weighted by Crippen LogP contribution is 2.25. The molecule has 92 valence electrons. The first-order valence-electron chi connectivity index (χ1n) is 6.10. The van der Waals surface area contributed by atoms with E-state index in [9.17, 15) is 5.11 Å². The number of hydrogen-bond donors (Lipinski definition) is 2. The van der Waals surface area contributed by atoms with Crippen LogP contribution in [0.1, 0.15) is 44.5 Å². The van der Waals surface area contributed by atoms with Crippen molar-refractivity contribution in [2.24, 2.45) is 5.92 Å². The fourth-order valence-electron chi connectivity index (χ4n) is 1.74. The number of aliphatic hydroxyl groups excluding tert-OH is 1. The molecule has 0 aromatic carbocycles. The summed E-state index contributed by atoms with van der Waals surface area (Å²) in [6.45, 7) is 7.36. The number of rotatable bonds is 7. The van der Waals surface area contributed by atoms with Crippen LogP contribution in [0.25, 0.3) is 0 Å². The van der Waals surface area contributed by atoms with E-state index in [4.69, 9.17) is 0 Å². The molecule has 0 aliphatic rings. The second kappa shape index (κ2) is 7.05. The van der Waals surface area contributed by atoms with Crippen LogP contribution in [-0.2, 0) is 0 Å². The zero-order valence-corrected chi connectivity index (χ0v) is 11.3. The van der Waals surface area contributed by atoms with Gasteiger partial charge in [-0.25, -0.2) is 0 Å². The number of thiophene rings is 1. The molecule has 0 bridgehead atoms. The molecule has 2 atom stereocenters. The van der Waals surface area contributed by atoms with E-state index in [1.54, 1.807) is 11.3 Å². The third kappa shape index (κ3) is 4.24. The van der Waals surface area contributed by atoms with Gasteiger partial charge in [0.05, 0.1) is 6.10 Å². The summed E-state index contributed by atoms with van der Waals surface area (Å²) in [6.07, 6.45) is 1.52. The van der Waals surface area contributed by atoms with E-state index in [1.165, 1.54) is 4.88 Å². The summed E-state index contributed by atoms with van der Waals surface area (Å²) in [6, 6.07) is 4.69. The van der Waals surface area contributed by atoms with Gasteiger partial charge in [-0.2, -0.15) is 0 Å². The monoisotopic (exact) mass is 241 g/mol. The van der Waals surface area contributed by atoms with Gasteiger partial charge in [-0.15, -0.1) is 11.3 Å². The smallest absolute Gasteiger partial charge is 0.0549 e. The average molecular weight is 241 g/mol. The van der Waals surface area contributed by atoms with Crippen LogP contribution in [0.4, 0.5) is 0 Å². The molecule has 3 heteroatoms. The summed E-state index contributed by atoms with van der Waals surface area (Å²) in [5.74, 6) is 0.581. The van der Waals surface area contributed by atoms with Gasteiger partial charge < -0.3 is 10.4 Å². The van der Waals surface area contributed by atoms with E-state index in [0.717, 1.165) is 19.4 Å². The van der Waals surface area contributed by atoms with Crippen LogP contribution in [0.3, 0.4) is 0 Å². The summed E-state index contributed by atoms with van der Waals surface area (Å²) < 4.78 is 0. The Morgan fingerprint density at radius 2 is 2.19 bits per heavy atom. The average Bonchev–Trinajstić information content (AvgIpc) is 2.76. The van der Waals surface area contributed by atoms with Gasteiger partial charge in [0.25, 0.3) is 0 Å². The molecule has 16 heavy (non-hydrogen) atoms. The number of hydrogen-bond acceptors (Lipinski definition) is 3. The van der Waals surface area contributed by atoms with Crippen molar-refractivity contribution in [1.29, 1.82) is 0 Å². The van der Waals surface area contributed by atoms with E-state index in [-0.39, 0.29) is 6.10 Å². The molecule has 1 heterocycles. The van der Waals surface area contributed by atoms with E-state index in [0.29, 0.717) is 12.0 Å². The summed E-state index contributed by atoms with van der Waals surface area (Å²) >= 11 is 1.80. The molecule has 2 unspecified atom stereocenters. The molecule has 0 spiro atoms. The van der Waals surface area contributed by atoms with E-state index >= 15 is 0 Å². The van der Waals surface area contributed by atoms with Crippen LogP contribution in [0.2, 0.25) is 0 Å². The first-order chi connectivity index (χ1) is 7.65. The Labute approximate surface area is 103 Å². The predicted octanol–water partition coefficient (Wildman–Crippen LogP) is 3.20. The maximum absolute atomic E-state index is 9.50. The third-order valence-electron chi connectivity index (χ3n) is 2.83. The lowest BCUT2D eigenvalue weighted by atomic mass is 10.0. The fourth-order valence-corrected chi connectivity index (χ4v) is 2.72. The first-order valence-corrected chi connectivity index (χ1v) is 6.98. The fraction of sp³-hybridized carbons (Fsp3) is 0.692. The Bertz CT molecular complexity index is 271. The minimum atomic E-state index is -0.163. The molecule has 2 nitrogen and oxygen atoms in total. The Kier molecular flexibility index (Phi) is 6.03. The van der Waals surface area contributed by atoms with Crippen molar-refractivity contribution in [2.45, 2.75) is 45.8 Å². The van der Waals surface area contributed by atoms with Gasteiger partial charge in [0.1, 0.15) is 0 Å². The lowest BCUT2D eigenvalue weighted by Gasteiger charge is -2.22. The standard InChI is InChI=1S/C13H23NOS/c1-4-11(15)7-8-14-13(10(2)3)12-6-5-9-16-12/h5-6,9-11,13-15H,4,7-8H2,1-3H3. The first kappa shape index (κ1) is 13.7. The largest absolute Gasteiger partial charge is 0.393 e. The highest BCUT2D eigenvalue weighted by Gasteiger charge is 2.16. The van der Waals surface area contributed by atoms with Crippen molar-refractivity contribution in [1.82, 2.24) is 5.32 Å². The zero-order chi connectivity index (χ0) is 12.0. The summed E-state index contributed by atoms with van der Waals surface area (Å²) in [5, 5.41) is 15.2. The molecule has 0 saturated heterocycles.